The Kier molecular flexibility index (Phi) is 1.90. The van der Waals surface area contributed by atoms with Crippen molar-refractivity contribution in [2.75, 3.05) is 13.1 Å². The lowest BCUT2D eigenvalue weighted by Gasteiger charge is -2.11. The van der Waals surface area contributed by atoms with Crippen LogP contribution >= 0.6 is 0 Å². The lowest BCUT2D eigenvalue weighted by atomic mass is 10.3. The summed E-state index contributed by atoms with van der Waals surface area (Å²) in [5.74, 6) is 0. The van der Waals surface area contributed by atoms with Crippen molar-refractivity contribution in [3.8, 4) is 0 Å². The predicted octanol–water partition coefficient (Wildman–Crippen LogP) is 1.01. The molecule has 2 heterocycles. The van der Waals surface area contributed by atoms with Gasteiger partial charge in [0, 0.05) is 18.3 Å². The average Bonchev–Trinajstić information content (AvgIpc) is 2.60. The van der Waals surface area contributed by atoms with Gasteiger partial charge in [0.2, 0.25) is 0 Å². The van der Waals surface area contributed by atoms with Gasteiger partial charge in [-0.25, -0.2) is 0 Å². The van der Waals surface area contributed by atoms with E-state index < -0.39 is 0 Å². The van der Waals surface area contributed by atoms with Crippen LogP contribution in [0.25, 0.3) is 0 Å². The van der Waals surface area contributed by atoms with Crippen molar-refractivity contribution >= 4 is 0 Å². The molecule has 1 saturated heterocycles. The number of aromatic amines is 1. The summed E-state index contributed by atoms with van der Waals surface area (Å²) in [6.07, 6.45) is 6.59. The van der Waals surface area contributed by atoms with Gasteiger partial charge in [-0.3, -0.25) is 10.00 Å². The second-order valence-corrected chi connectivity index (χ2v) is 3.09. The van der Waals surface area contributed by atoms with E-state index in [1.807, 2.05) is 12.4 Å². The monoisotopic (exact) mass is 151 g/mol. The Morgan fingerprint density at radius 3 is 2.91 bits per heavy atom. The highest BCUT2D eigenvalue weighted by molar-refractivity contribution is 5.02. The maximum Gasteiger partial charge on any atom is 0.0532 e. The minimum absolute atomic E-state index is 1.07. The van der Waals surface area contributed by atoms with E-state index in [4.69, 9.17) is 0 Å². The Morgan fingerprint density at radius 2 is 2.27 bits per heavy atom. The van der Waals surface area contributed by atoms with Gasteiger partial charge in [0.15, 0.2) is 0 Å². The van der Waals surface area contributed by atoms with Gasteiger partial charge >= 0.3 is 0 Å². The molecule has 0 unspecified atom stereocenters. The van der Waals surface area contributed by atoms with Crippen molar-refractivity contribution in [3.05, 3.63) is 18.0 Å². The quantitative estimate of drug-likeness (QED) is 0.684. The Morgan fingerprint density at radius 1 is 1.45 bits per heavy atom. The first kappa shape index (κ1) is 6.85. The number of likely N-dealkylation sites (tertiary alicyclic amines) is 1. The van der Waals surface area contributed by atoms with E-state index in [2.05, 4.69) is 15.1 Å². The minimum atomic E-state index is 1.07. The molecule has 0 atom stereocenters. The lowest BCUT2D eigenvalue weighted by Crippen LogP contribution is -2.17. The van der Waals surface area contributed by atoms with Gasteiger partial charge in [-0.15, -0.1) is 0 Å². The molecule has 2 rings (SSSR count). The topological polar surface area (TPSA) is 31.9 Å². The Hall–Kier alpha value is -0.830. The Balaban J connectivity index is 1.90. The minimum Gasteiger partial charge on any atom is -0.299 e. The number of hydrogen-bond donors (Lipinski definition) is 1. The molecule has 3 heteroatoms. The van der Waals surface area contributed by atoms with E-state index >= 15 is 0 Å². The van der Waals surface area contributed by atoms with Crippen molar-refractivity contribution in [2.24, 2.45) is 0 Å². The maximum atomic E-state index is 3.91. The van der Waals surface area contributed by atoms with E-state index in [-0.39, 0.29) is 0 Å². The first-order valence-corrected chi connectivity index (χ1v) is 4.15. The molecule has 11 heavy (non-hydrogen) atoms. The molecule has 1 N–H and O–H groups in total. The summed E-state index contributed by atoms with van der Waals surface area (Å²) in [4.78, 5) is 2.46. The summed E-state index contributed by atoms with van der Waals surface area (Å²) in [7, 11) is 0. The molecule has 0 amide bonds. The highest BCUT2D eigenvalue weighted by Crippen LogP contribution is 2.10. The van der Waals surface area contributed by atoms with Gasteiger partial charge in [0.25, 0.3) is 0 Å². The molecule has 1 aliphatic heterocycles. The fourth-order valence-electron chi connectivity index (χ4n) is 1.56. The van der Waals surface area contributed by atoms with E-state index in [1.165, 1.54) is 31.5 Å². The predicted molar refractivity (Wildman–Crippen MR) is 43.1 cm³/mol. The molecule has 0 spiro atoms. The highest BCUT2D eigenvalue weighted by atomic mass is 15.1. The van der Waals surface area contributed by atoms with Crippen LogP contribution in [0.2, 0.25) is 0 Å². The second kappa shape index (κ2) is 3.05. The summed E-state index contributed by atoms with van der Waals surface area (Å²) < 4.78 is 0. The molecular weight excluding hydrogens is 138 g/mol. The zero-order valence-electron chi connectivity index (χ0n) is 6.58. The molecule has 1 aromatic rings. The third kappa shape index (κ3) is 1.60. The van der Waals surface area contributed by atoms with Crippen LogP contribution in [-0.4, -0.2) is 28.2 Å². The molecule has 1 aliphatic rings. The normalized spacial score (nSPS) is 19.3. The van der Waals surface area contributed by atoms with E-state index in [1.54, 1.807) is 0 Å². The van der Waals surface area contributed by atoms with Gasteiger partial charge in [0.1, 0.15) is 0 Å². The summed E-state index contributed by atoms with van der Waals surface area (Å²) in [6.45, 7) is 3.58. The summed E-state index contributed by atoms with van der Waals surface area (Å²) >= 11 is 0. The lowest BCUT2D eigenvalue weighted by molar-refractivity contribution is 0.331. The maximum absolute atomic E-state index is 3.91. The highest BCUT2D eigenvalue weighted by Gasteiger charge is 2.11. The van der Waals surface area contributed by atoms with Crippen LogP contribution in [0, 0.1) is 0 Å². The van der Waals surface area contributed by atoms with Gasteiger partial charge in [0.05, 0.1) is 6.20 Å². The van der Waals surface area contributed by atoms with Crippen LogP contribution in [-0.2, 0) is 6.54 Å². The molecule has 1 aromatic heterocycles. The molecule has 0 radical (unpaired) electrons. The number of H-pyrrole nitrogens is 1. The second-order valence-electron chi connectivity index (χ2n) is 3.09. The largest absolute Gasteiger partial charge is 0.299 e. The zero-order valence-corrected chi connectivity index (χ0v) is 6.58. The van der Waals surface area contributed by atoms with Gasteiger partial charge in [-0.2, -0.15) is 5.10 Å². The third-order valence-corrected chi connectivity index (χ3v) is 2.16. The molecule has 0 saturated carbocycles. The summed E-state index contributed by atoms with van der Waals surface area (Å²) in [5, 5.41) is 6.74. The molecule has 60 valence electrons. The van der Waals surface area contributed by atoms with Crippen LogP contribution in [0.5, 0.6) is 0 Å². The fraction of sp³-hybridized carbons (Fsp3) is 0.625. The fourth-order valence-corrected chi connectivity index (χ4v) is 1.56. The molecule has 1 fully saturated rings. The van der Waals surface area contributed by atoms with Crippen molar-refractivity contribution in [3.63, 3.8) is 0 Å². The van der Waals surface area contributed by atoms with Crippen molar-refractivity contribution in [1.82, 2.24) is 15.1 Å². The SMILES string of the molecule is c1n[nH]cc1CN1CCCC1. The molecule has 0 aliphatic carbocycles. The van der Waals surface area contributed by atoms with Crippen molar-refractivity contribution in [2.45, 2.75) is 19.4 Å². The summed E-state index contributed by atoms with van der Waals surface area (Å²) in [6, 6.07) is 0. The van der Waals surface area contributed by atoms with Crippen molar-refractivity contribution < 1.29 is 0 Å². The third-order valence-electron chi connectivity index (χ3n) is 2.16. The average molecular weight is 151 g/mol. The molecule has 3 nitrogen and oxygen atoms in total. The number of aromatic nitrogens is 2. The van der Waals surface area contributed by atoms with Gasteiger partial charge in [-0.05, 0) is 25.9 Å². The standard InChI is InChI=1S/C8H13N3/c1-2-4-11(3-1)7-8-5-9-10-6-8/h5-6H,1-4,7H2,(H,9,10). The van der Waals surface area contributed by atoms with Crippen molar-refractivity contribution in [1.29, 1.82) is 0 Å². The van der Waals surface area contributed by atoms with Gasteiger partial charge in [-0.1, -0.05) is 0 Å². The first-order valence-electron chi connectivity index (χ1n) is 4.15. The summed E-state index contributed by atoms with van der Waals surface area (Å²) in [5.41, 5.74) is 1.30. The smallest absolute Gasteiger partial charge is 0.0532 e. The number of nitrogens with zero attached hydrogens (tertiary/aromatic N) is 2. The molecular formula is C8H13N3. The van der Waals surface area contributed by atoms with E-state index in [9.17, 15) is 0 Å². The number of hydrogen-bond acceptors (Lipinski definition) is 2. The van der Waals surface area contributed by atoms with E-state index in [0.29, 0.717) is 0 Å². The Bertz CT molecular complexity index is 199. The van der Waals surface area contributed by atoms with Crippen LogP contribution in [0.1, 0.15) is 18.4 Å². The van der Waals surface area contributed by atoms with E-state index in [0.717, 1.165) is 6.54 Å². The number of nitrogens with one attached hydrogen (secondary N) is 1. The first-order chi connectivity index (χ1) is 5.45. The van der Waals surface area contributed by atoms with Gasteiger partial charge < -0.3 is 0 Å². The molecule has 0 aromatic carbocycles. The number of rotatable bonds is 2. The van der Waals surface area contributed by atoms with Crippen LogP contribution in [0.15, 0.2) is 12.4 Å². The van der Waals surface area contributed by atoms with Crippen LogP contribution in [0.3, 0.4) is 0 Å². The van der Waals surface area contributed by atoms with Crippen LogP contribution in [0.4, 0.5) is 0 Å². The molecule has 0 bridgehead atoms. The Labute approximate surface area is 66.4 Å². The zero-order chi connectivity index (χ0) is 7.52. The van der Waals surface area contributed by atoms with Crippen LogP contribution < -0.4 is 0 Å².